The second kappa shape index (κ2) is 11.0. The molecular weight excluding hydrogens is 378 g/mol. The first-order valence-electron chi connectivity index (χ1n) is 9.01. The van der Waals surface area contributed by atoms with Crippen molar-refractivity contribution in [1.82, 2.24) is 10.9 Å². The minimum Gasteiger partial charge on any atom is -0.494 e. The third kappa shape index (κ3) is 6.96. The molecule has 2 rings (SSSR count). The van der Waals surface area contributed by atoms with Crippen molar-refractivity contribution in [3.05, 3.63) is 48.5 Å². The molecule has 0 unspecified atom stereocenters. The van der Waals surface area contributed by atoms with E-state index >= 15 is 0 Å². The van der Waals surface area contributed by atoms with Crippen molar-refractivity contribution in [3.63, 3.8) is 0 Å². The standard InChI is InChI=1S/C20H25N3O4S/c1-4-25-16-8-6-15(7-9-16)21-20(28)23-22-19(24)14(3)27-18-12-10-17(11-13-18)26-5-2/h6-14H,4-5H2,1-3H3,(H,22,24)(H2,21,23,28)/t14-/m0/s1. The Balaban J connectivity index is 1.76. The SMILES string of the molecule is CCOc1ccc(NC(=S)NNC(=O)[C@H](C)Oc2ccc(OCC)cc2)cc1. The first-order valence-corrected chi connectivity index (χ1v) is 9.41. The van der Waals surface area contributed by atoms with Crippen LogP contribution in [0.4, 0.5) is 5.69 Å². The Kier molecular flexibility index (Phi) is 8.36. The summed E-state index contributed by atoms with van der Waals surface area (Å²) < 4.78 is 16.4. The molecule has 3 N–H and O–H groups in total. The van der Waals surface area contributed by atoms with Crippen molar-refractivity contribution >= 4 is 28.9 Å². The van der Waals surface area contributed by atoms with Gasteiger partial charge in [-0.1, -0.05) is 0 Å². The fourth-order valence-electron chi connectivity index (χ4n) is 2.22. The van der Waals surface area contributed by atoms with Crippen LogP contribution in [-0.2, 0) is 4.79 Å². The van der Waals surface area contributed by atoms with Gasteiger partial charge < -0.3 is 19.5 Å². The highest BCUT2D eigenvalue weighted by molar-refractivity contribution is 7.80. The second-order valence-corrected chi connectivity index (χ2v) is 6.10. The van der Waals surface area contributed by atoms with Crippen LogP contribution in [0.2, 0.25) is 0 Å². The average Bonchev–Trinajstić information content (AvgIpc) is 2.69. The number of hydrazine groups is 1. The number of carbonyl (C=O) groups is 1. The molecule has 1 amide bonds. The molecule has 150 valence electrons. The van der Waals surface area contributed by atoms with Crippen molar-refractivity contribution in [2.24, 2.45) is 0 Å². The number of hydrogen-bond donors (Lipinski definition) is 3. The number of thiocarbonyl (C=S) groups is 1. The van der Waals surface area contributed by atoms with E-state index in [1.165, 1.54) is 0 Å². The maximum Gasteiger partial charge on any atom is 0.279 e. The first kappa shape index (κ1) is 21.3. The molecule has 7 nitrogen and oxygen atoms in total. The summed E-state index contributed by atoms with van der Waals surface area (Å²) in [6.45, 7) is 6.69. The first-order chi connectivity index (χ1) is 13.5. The van der Waals surface area contributed by atoms with Crippen molar-refractivity contribution < 1.29 is 19.0 Å². The van der Waals surface area contributed by atoms with Crippen molar-refractivity contribution in [3.8, 4) is 17.2 Å². The molecule has 0 radical (unpaired) electrons. The smallest absolute Gasteiger partial charge is 0.279 e. The van der Waals surface area contributed by atoms with Gasteiger partial charge in [-0.05, 0) is 81.5 Å². The van der Waals surface area contributed by atoms with Gasteiger partial charge in [0.1, 0.15) is 17.2 Å². The Hall–Kier alpha value is -3.00. The quantitative estimate of drug-likeness (QED) is 0.461. The van der Waals surface area contributed by atoms with Crippen LogP contribution >= 0.6 is 12.2 Å². The van der Waals surface area contributed by atoms with Gasteiger partial charge >= 0.3 is 0 Å². The number of rotatable bonds is 8. The number of nitrogens with one attached hydrogen (secondary N) is 3. The molecular formula is C20H25N3O4S. The fourth-order valence-corrected chi connectivity index (χ4v) is 2.39. The molecule has 0 aliphatic heterocycles. The Morgan fingerprint density at radius 2 is 1.39 bits per heavy atom. The summed E-state index contributed by atoms with van der Waals surface area (Å²) in [6.07, 6.45) is -0.710. The van der Waals surface area contributed by atoms with Gasteiger partial charge in [-0.25, -0.2) is 0 Å². The molecule has 28 heavy (non-hydrogen) atoms. The molecule has 8 heteroatoms. The highest BCUT2D eigenvalue weighted by Crippen LogP contribution is 2.18. The van der Waals surface area contributed by atoms with Crippen LogP contribution in [0.15, 0.2) is 48.5 Å². The molecule has 0 aromatic heterocycles. The van der Waals surface area contributed by atoms with Crippen LogP contribution < -0.4 is 30.4 Å². The zero-order chi connectivity index (χ0) is 20.4. The number of carbonyl (C=O) groups excluding carboxylic acids is 1. The van der Waals surface area contributed by atoms with Gasteiger partial charge in [0.15, 0.2) is 11.2 Å². The third-order valence-corrected chi connectivity index (χ3v) is 3.74. The molecule has 1 atom stereocenters. The Bertz CT molecular complexity index is 766. The molecule has 0 saturated carbocycles. The molecule has 0 fully saturated rings. The topological polar surface area (TPSA) is 80.9 Å². The molecule has 0 spiro atoms. The zero-order valence-corrected chi connectivity index (χ0v) is 17.0. The molecule has 2 aromatic rings. The van der Waals surface area contributed by atoms with E-state index in [4.69, 9.17) is 26.4 Å². The van der Waals surface area contributed by atoms with Crippen LogP contribution in [0.5, 0.6) is 17.2 Å². The Labute approximate surface area is 170 Å². The number of benzene rings is 2. The predicted octanol–water partition coefficient (Wildman–Crippen LogP) is 3.27. The van der Waals surface area contributed by atoms with Gasteiger partial charge in [0, 0.05) is 5.69 Å². The van der Waals surface area contributed by atoms with E-state index in [1.54, 1.807) is 31.2 Å². The molecule has 2 aromatic carbocycles. The van der Waals surface area contributed by atoms with Gasteiger partial charge in [0.2, 0.25) is 0 Å². The maximum absolute atomic E-state index is 12.2. The van der Waals surface area contributed by atoms with Gasteiger partial charge in [-0.3, -0.25) is 15.6 Å². The van der Waals surface area contributed by atoms with Gasteiger partial charge in [0.25, 0.3) is 5.91 Å². The Morgan fingerprint density at radius 1 is 0.893 bits per heavy atom. The van der Waals surface area contributed by atoms with Crippen LogP contribution in [0.25, 0.3) is 0 Å². The van der Waals surface area contributed by atoms with E-state index in [0.717, 1.165) is 17.2 Å². The lowest BCUT2D eigenvalue weighted by Gasteiger charge is -2.17. The van der Waals surface area contributed by atoms with Crippen LogP contribution in [-0.4, -0.2) is 30.3 Å². The summed E-state index contributed by atoms with van der Waals surface area (Å²) in [6, 6.07) is 14.4. The summed E-state index contributed by atoms with van der Waals surface area (Å²) in [5.41, 5.74) is 5.94. The van der Waals surface area contributed by atoms with Crippen molar-refractivity contribution in [2.75, 3.05) is 18.5 Å². The van der Waals surface area contributed by atoms with E-state index in [9.17, 15) is 4.79 Å². The lowest BCUT2D eigenvalue weighted by atomic mass is 10.3. The summed E-state index contributed by atoms with van der Waals surface area (Å²) in [4.78, 5) is 12.2. The minimum atomic E-state index is -0.710. The third-order valence-electron chi connectivity index (χ3n) is 3.54. The predicted molar refractivity (Wildman–Crippen MR) is 113 cm³/mol. The monoisotopic (exact) mass is 403 g/mol. The zero-order valence-electron chi connectivity index (χ0n) is 16.2. The van der Waals surface area contributed by atoms with Crippen LogP contribution in [0.1, 0.15) is 20.8 Å². The van der Waals surface area contributed by atoms with E-state index in [-0.39, 0.29) is 11.0 Å². The number of hydrogen-bond acceptors (Lipinski definition) is 5. The van der Waals surface area contributed by atoms with E-state index in [2.05, 4.69) is 16.2 Å². The highest BCUT2D eigenvalue weighted by Gasteiger charge is 2.15. The lowest BCUT2D eigenvalue weighted by molar-refractivity contribution is -0.127. The molecule has 0 heterocycles. The number of anilines is 1. The summed E-state index contributed by atoms with van der Waals surface area (Å²) in [5, 5.41) is 3.22. The van der Waals surface area contributed by atoms with Gasteiger partial charge in [-0.2, -0.15) is 0 Å². The number of amides is 1. The second-order valence-electron chi connectivity index (χ2n) is 5.69. The average molecular weight is 404 g/mol. The maximum atomic E-state index is 12.2. The molecule has 0 bridgehead atoms. The van der Waals surface area contributed by atoms with Crippen LogP contribution in [0.3, 0.4) is 0 Å². The highest BCUT2D eigenvalue weighted by atomic mass is 32.1. The normalized spacial score (nSPS) is 11.1. The summed E-state index contributed by atoms with van der Waals surface area (Å²) in [7, 11) is 0. The van der Waals surface area contributed by atoms with Gasteiger partial charge in [-0.15, -0.1) is 0 Å². The number of ether oxygens (including phenoxy) is 3. The van der Waals surface area contributed by atoms with E-state index < -0.39 is 6.10 Å². The summed E-state index contributed by atoms with van der Waals surface area (Å²) >= 11 is 5.17. The molecule has 0 aliphatic carbocycles. The van der Waals surface area contributed by atoms with E-state index in [1.807, 2.05) is 38.1 Å². The van der Waals surface area contributed by atoms with Crippen molar-refractivity contribution in [1.29, 1.82) is 0 Å². The van der Waals surface area contributed by atoms with Crippen LogP contribution in [0, 0.1) is 0 Å². The fraction of sp³-hybridized carbons (Fsp3) is 0.300. The van der Waals surface area contributed by atoms with Crippen molar-refractivity contribution in [2.45, 2.75) is 26.9 Å². The largest absolute Gasteiger partial charge is 0.494 e. The minimum absolute atomic E-state index is 0.255. The Morgan fingerprint density at radius 3 is 1.93 bits per heavy atom. The summed E-state index contributed by atoms with van der Waals surface area (Å²) in [5.74, 6) is 1.74. The van der Waals surface area contributed by atoms with Gasteiger partial charge in [0.05, 0.1) is 13.2 Å². The lowest BCUT2D eigenvalue weighted by Crippen LogP contribution is -2.48. The molecule has 0 aliphatic rings. The molecule has 0 saturated heterocycles. The van der Waals surface area contributed by atoms with E-state index in [0.29, 0.717) is 19.0 Å².